The molecule has 0 aromatic heterocycles. The molecule has 0 aliphatic carbocycles. The van der Waals surface area contributed by atoms with Gasteiger partial charge in [0.05, 0.1) is 11.5 Å². The minimum Gasteiger partial charge on any atom is -0.481 e. The van der Waals surface area contributed by atoms with Gasteiger partial charge in [0.2, 0.25) is 15.9 Å². The lowest BCUT2D eigenvalue weighted by molar-refractivity contribution is -0.137. The van der Waals surface area contributed by atoms with Crippen LogP contribution in [-0.4, -0.2) is 49.7 Å². The Morgan fingerprint density at radius 3 is 2.32 bits per heavy atom. The molecular weight excluding hydrogens is 372 g/mol. The molecule has 0 spiro atoms. The molecule has 4 N–H and O–H groups in total. The average Bonchev–Trinajstić information content (AvgIpc) is 2.55. The van der Waals surface area contributed by atoms with E-state index in [1.165, 1.54) is 24.3 Å². The first kappa shape index (κ1) is 21.4. The molecule has 0 unspecified atom stereocenters. The summed E-state index contributed by atoms with van der Waals surface area (Å²) >= 11 is 5.70. The number of benzene rings is 1. The molecule has 10 heteroatoms. The van der Waals surface area contributed by atoms with Crippen LogP contribution in [0.2, 0.25) is 5.02 Å². The minimum atomic E-state index is -3.98. The van der Waals surface area contributed by atoms with E-state index >= 15 is 0 Å². The summed E-state index contributed by atoms with van der Waals surface area (Å²) in [5, 5.41) is 20.7. The Hall–Kier alpha value is -1.68. The zero-order valence-electron chi connectivity index (χ0n) is 13.4. The number of amides is 1. The smallest absolute Gasteiger partial charge is 0.303 e. The number of carbonyl (C=O) groups is 2. The molecule has 0 saturated heterocycles. The van der Waals surface area contributed by atoms with Crippen LogP contribution in [0.1, 0.15) is 25.7 Å². The molecule has 1 rings (SSSR count). The third kappa shape index (κ3) is 7.82. The van der Waals surface area contributed by atoms with Crippen LogP contribution in [0.3, 0.4) is 0 Å². The van der Waals surface area contributed by atoms with Crippen LogP contribution in [-0.2, 0) is 19.6 Å². The first-order valence-corrected chi connectivity index (χ1v) is 9.50. The summed E-state index contributed by atoms with van der Waals surface area (Å²) in [4.78, 5) is 22.3. The normalized spacial score (nSPS) is 12.6. The fourth-order valence-electron chi connectivity index (χ4n) is 1.96. The SMILES string of the molecule is O=C(O)CCCCCNC(=O)[C@H](CO)NS(=O)(=O)c1ccc(Cl)cc1. The Kier molecular flexibility index (Phi) is 8.84. The highest BCUT2D eigenvalue weighted by molar-refractivity contribution is 7.89. The summed E-state index contributed by atoms with van der Waals surface area (Å²) < 4.78 is 26.5. The maximum Gasteiger partial charge on any atom is 0.303 e. The van der Waals surface area contributed by atoms with Crippen molar-refractivity contribution in [2.24, 2.45) is 0 Å². The van der Waals surface area contributed by atoms with Crippen molar-refractivity contribution >= 4 is 33.5 Å². The minimum absolute atomic E-state index is 0.0636. The van der Waals surface area contributed by atoms with Gasteiger partial charge in [0.25, 0.3) is 0 Å². The zero-order valence-corrected chi connectivity index (χ0v) is 15.0. The van der Waals surface area contributed by atoms with Crippen molar-refractivity contribution in [2.45, 2.75) is 36.6 Å². The molecule has 1 aromatic rings. The number of carboxylic acid groups (broad SMARTS) is 1. The number of hydrogen-bond donors (Lipinski definition) is 4. The number of aliphatic carboxylic acids is 1. The van der Waals surface area contributed by atoms with Gasteiger partial charge >= 0.3 is 5.97 Å². The Balaban J connectivity index is 2.50. The van der Waals surface area contributed by atoms with Gasteiger partial charge in [0, 0.05) is 18.0 Å². The third-order valence-electron chi connectivity index (χ3n) is 3.29. The summed E-state index contributed by atoms with van der Waals surface area (Å²) in [6, 6.07) is 4.07. The maximum atomic E-state index is 12.2. The first-order valence-electron chi connectivity index (χ1n) is 7.64. The highest BCUT2D eigenvalue weighted by Gasteiger charge is 2.24. The van der Waals surface area contributed by atoms with Crippen LogP contribution < -0.4 is 10.0 Å². The van der Waals surface area contributed by atoms with Gasteiger partial charge in [-0.25, -0.2) is 8.42 Å². The van der Waals surface area contributed by atoms with E-state index in [1.54, 1.807) is 0 Å². The predicted octanol–water partition coefficient (Wildman–Crippen LogP) is 0.740. The second-order valence-electron chi connectivity index (χ2n) is 5.31. The van der Waals surface area contributed by atoms with Crippen LogP contribution in [0.25, 0.3) is 0 Å². The van der Waals surface area contributed by atoms with Crippen LogP contribution in [0.4, 0.5) is 0 Å². The van der Waals surface area contributed by atoms with Gasteiger partial charge in [-0.15, -0.1) is 0 Å². The van der Waals surface area contributed by atoms with E-state index in [2.05, 4.69) is 10.0 Å². The van der Waals surface area contributed by atoms with E-state index in [9.17, 15) is 23.1 Å². The number of aliphatic hydroxyl groups is 1. The average molecular weight is 393 g/mol. The lowest BCUT2D eigenvalue weighted by Gasteiger charge is -2.16. The van der Waals surface area contributed by atoms with E-state index in [0.29, 0.717) is 24.3 Å². The molecule has 1 amide bonds. The Labute approximate surface area is 151 Å². The lowest BCUT2D eigenvalue weighted by atomic mass is 10.2. The number of carbonyl (C=O) groups excluding carboxylic acids is 1. The molecule has 0 radical (unpaired) electrons. The number of aliphatic hydroxyl groups excluding tert-OH is 1. The molecule has 25 heavy (non-hydrogen) atoms. The lowest BCUT2D eigenvalue weighted by Crippen LogP contribution is -2.49. The largest absolute Gasteiger partial charge is 0.481 e. The standard InChI is InChI=1S/C15H21ClN2O6S/c16-11-5-7-12(8-6-11)25(23,24)18-13(10-19)15(22)17-9-3-1-2-4-14(20)21/h5-8,13,18-19H,1-4,9-10H2,(H,17,22)(H,20,21)/t13-/m0/s1. The van der Waals surface area contributed by atoms with Crippen LogP contribution in [0.5, 0.6) is 0 Å². The second-order valence-corrected chi connectivity index (χ2v) is 7.46. The molecule has 0 aliphatic rings. The Morgan fingerprint density at radius 1 is 1.12 bits per heavy atom. The topological polar surface area (TPSA) is 133 Å². The van der Waals surface area contributed by atoms with Crippen molar-refractivity contribution in [1.82, 2.24) is 10.0 Å². The molecule has 140 valence electrons. The van der Waals surface area contributed by atoms with E-state index in [-0.39, 0.29) is 17.9 Å². The highest BCUT2D eigenvalue weighted by atomic mass is 35.5. The van der Waals surface area contributed by atoms with Gasteiger partial charge in [-0.2, -0.15) is 4.72 Å². The molecule has 1 atom stereocenters. The zero-order chi connectivity index (χ0) is 18.9. The molecular formula is C15H21ClN2O6S. The van der Waals surface area contributed by atoms with Gasteiger partial charge in [-0.1, -0.05) is 18.0 Å². The van der Waals surface area contributed by atoms with E-state index in [4.69, 9.17) is 16.7 Å². The summed E-state index contributed by atoms with van der Waals surface area (Å²) in [5.41, 5.74) is 0. The van der Waals surface area contributed by atoms with Crippen molar-refractivity contribution in [1.29, 1.82) is 0 Å². The third-order valence-corrected chi connectivity index (χ3v) is 5.03. The number of rotatable bonds is 11. The van der Waals surface area contributed by atoms with Crippen molar-refractivity contribution in [2.75, 3.05) is 13.2 Å². The van der Waals surface area contributed by atoms with Gasteiger partial charge in [0.1, 0.15) is 6.04 Å². The molecule has 1 aromatic carbocycles. The maximum absolute atomic E-state index is 12.2. The van der Waals surface area contributed by atoms with Gasteiger partial charge in [-0.3, -0.25) is 9.59 Å². The van der Waals surface area contributed by atoms with Gasteiger partial charge in [0.15, 0.2) is 0 Å². The number of unbranched alkanes of at least 4 members (excludes halogenated alkanes) is 2. The van der Waals surface area contributed by atoms with Crippen molar-refractivity contribution in [3.8, 4) is 0 Å². The van der Waals surface area contributed by atoms with Gasteiger partial charge in [-0.05, 0) is 37.1 Å². The van der Waals surface area contributed by atoms with Crippen molar-refractivity contribution in [3.05, 3.63) is 29.3 Å². The quantitative estimate of drug-likeness (QED) is 0.410. The fraction of sp³-hybridized carbons (Fsp3) is 0.467. The summed E-state index contributed by atoms with van der Waals surface area (Å²) in [5.74, 6) is -1.53. The van der Waals surface area contributed by atoms with E-state index in [0.717, 1.165) is 0 Å². The molecule has 8 nitrogen and oxygen atoms in total. The monoisotopic (exact) mass is 392 g/mol. The molecule has 0 heterocycles. The number of carboxylic acids is 1. The number of nitrogens with one attached hydrogen (secondary N) is 2. The number of hydrogen-bond acceptors (Lipinski definition) is 5. The molecule has 0 fully saturated rings. The van der Waals surface area contributed by atoms with Crippen molar-refractivity contribution < 1.29 is 28.2 Å². The van der Waals surface area contributed by atoms with Crippen molar-refractivity contribution in [3.63, 3.8) is 0 Å². The van der Waals surface area contributed by atoms with Crippen LogP contribution in [0.15, 0.2) is 29.2 Å². The van der Waals surface area contributed by atoms with Crippen LogP contribution >= 0.6 is 11.6 Å². The summed E-state index contributed by atoms with van der Waals surface area (Å²) in [7, 11) is -3.98. The van der Waals surface area contributed by atoms with Gasteiger partial charge < -0.3 is 15.5 Å². The molecule has 0 aliphatic heterocycles. The Morgan fingerprint density at radius 2 is 1.76 bits per heavy atom. The van der Waals surface area contributed by atoms with Crippen LogP contribution in [0, 0.1) is 0 Å². The highest BCUT2D eigenvalue weighted by Crippen LogP contribution is 2.14. The summed E-state index contributed by atoms with van der Waals surface area (Å²) in [6.07, 6.45) is 1.74. The fourth-order valence-corrected chi connectivity index (χ4v) is 3.27. The predicted molar refractivity (Wildman–Crippen MR) is 91.8 cm³/mol. The van der Waals surface area contributed by atoms with E-state index < -0.39 is 34.5 Å². The molecule has 0 saturated carbocycles. The first-order chi connectivity index (χ1) is 11.8. The molecule has 0 bridgehead atoms. The second kappa shape index (κ2) is 10.3. The summed E-state index contributed by atoms with van der Waals surface area (Å²) in [6.45, 7) is -0.435. The Bertz CT molecular complexity index is 678. The number of halogens is 1. The number of sulfonamides is 1. The van der Waals surface area contributed by atoms with E-state index in [1.807, 2.05) is 0 Å².